The normalized spacial score (nSPS) is 12.6. The summed E-state index contributed by atoms with van der Waals surface area (Å²) in [5, 5.41) is 5.43. The maximum absolute atomic E-state index is 2.38. The molecule has 0 bridgehead atoms. The Bertz CT molecular complexity index is 1100. The Morgan fingerprint density at radius 1 is 0.652 bits per heavy atom. The Kier molecular flexibility index (Phi) is 2.50. The average Bonchev–Trinajstić information content (AvgIpc) is 2.92. The molecule has 0 N–H and O–H groups in total. The highest BCUT2D eigenvalue weighted by Gasteiger charge is 2.21. The second-order valence-electron chi connectivity index (χ2n) is 6.75. The summed E-state index contributed by atoms with van der Waals surface area (Å²) in [6, 6.07) is 22.6. The highest BCUT2D eigenvalue weighted by atomic mass is 14.2. The number of aryl methyl sites for hydroxylation is 2. The summed E-state index contributed by atoms with van der Waals surface area (Å²) >= 11 is 0. The molecule has 0 nitrogen and oxygen atoms in total. The minimum Gasteiger partial charge on any atom is -0.0616 e. The van der Waals surface area contributed by atoms with Gasteiger partial charge in [-0.25, -0.2) is 0 Å². The molecule has 4 aromatic carbocycles. The van der Waals surface area contributed by atoms with Crippen LogP contribution in [0, 0.1) is 13.8 Å². The van der Waals surface area contributed by atoms with Crippen LogP contribution >= 0.6 is 0 Å². The van der Waals surface area contributed by atoms with Gasteiger partial charge in [-0.2, -0.15) is 0 Å². The molecule has 0 radical (unpaired) electrons. The molecule has 0 heteroatoms. The summed E-state index contributed by atoms with van der Waals surface area (Å²) in [6.07, 6.45) is 1.06. The third-order valence-corrected chi connectivity index (χ3v) is 5.38. The summed E-state index contributed by atoms with van der Waals surface area (Å²) in [5.74, 6) is 0. The van der Waals surface area contributed by atoms with E-state index >= 15 is 0 Å². The van der Waals surface area contributed by atoms with E-state index in [1.165, 1.54) is 54.9 Å². The molecule has 0 aliphatic heterocycles. The van der Waals surface area contributed by atoms with E-state index in [1.54, 1.807) is 0 Å². The molecule has 5 rings (SSSR count). The van der Waals surface area contributed by atoms with Crippen LogP contribution in [-0.2, 0) is 6.42 Å². The van der Waals surface area contributed by atoms with E-state index in [0.29, 0.717) is 0 Å². The fourth-order valence-corrected chi connectivity index (χ4v) is 4.06. The van der Waals surface area contributed by atoms with Crippen molar-refractivity contribution in [1.82, 2.24) is 0 Å². The van der Waals surface area contributed by atoms with Crippen LogP contribution in [0.5, 0.6) is 0 Å². The molecular formula is C23H18. The smallest absolute Gasteiger partial charge is 0.00131 e. The van der Waals surface area contributed by atoms with Crippen LogP contribution in [0.3, 0.4) is 0 Å². The predicted molar refractivity (Wildman–Crippen MR) is 99.2 cm³/mol. The zero-order valence-electron chi connectivity index (χ0n) is 13.5. The Balaban J connectivity index is 1.92. The van der Waals surface area contributed by atoms with Crippen molar-refractivity contribution in [2.45, 2.75) is 20.3 Å². The van der Waals surface area contributed by atoms with Crippen molar-refractivity contribution in [3.63, 3.8) is 0 Å². The lowest BCUT2D eigenvalue weighted by Gasteiger charge is -2.11. The van der Waals surface area contributed by atoms with Crippen molar-refractivity contribution in [2.24, 2.45) is 0 Å². The van der Waals surface area contributed by atoms with Gasteiger partial charge >= 0.3 is 0 Å². The monoisotopic (exact) mass is 294 g/mol. The molecule has 0 unspecified atom stereocenters. The molecule has 0 amide bonds. The summed E-state index contributed by atoms with van der Waals surface area (Å²) < 4.78 is 0. The Morgan fingerprint density at radius 3 is 2.35 bits per heavy atom. The lowest BCUT2D eigenvalue weighted by Crippen LogP contribution is -1.86. The first-order valence-electron chi connectivity index (χ1n) is 8.26. The highest BCUT2D eigenvalue weighted by Crippen LogP contribution is 2.43. The molecule has 1 aliphatic carbocycles. The molecule has 0 saturated heterocycles. The number of hydrogen-bond acceptors (Lipinski definition) is 0. The van der Waals surface area contributed by atoms with Crippen molar-refractivity contribution in [3.8, 4) is 11.1 Å². The molecular weight excluding hydrogens is 276 g/mol. The van der Waals surface area contributed by atoms with E-state index in [1.807, 2.05) is 0 Å². The minimum absolute atomic E-state index is 1.06. The molecule has 0 saturated carbocycles. The third kappa shape index (κ3) is 1.72. The number of fused-ring (bicyclic) bond motifs is 7. The van der Waals surface area contributed by atoms with Crippen LogP contribution in [0.4, 0.5) is 0 Å². The number of hydrogen-bond donors (Lipinski definition) is 0. The van der Waals surface area contributed by atoms with Crippen LogP contribution in [0.1, 0.15) is 22.3 Å². The van der Waals surface area contributed by atoms with Gasteiger partial charge in [-0.15, -0.1) is 0 Å². The van der Waals surface area contributed by atoms with E-state index in [9.17, 15) is 0 Å². The quantitative estimate of drug-likeness (QED) is 0.299. The minimum atomic E-state index is 1.06. The first-order chi connectivity index (χ1) is 11.2. The maximum Gasteiger partial charge on any atom is -0.00131 e. The molecule has 0 heterocycles. The largest absolute Gasteiger partial charge is 0.0616 e. The Labute approximate surface area is 136 Å². The van der Waals surface area contributed by atoms with Crippen molar-refractivity contribution in [3.05, 3.63) is 82.9 Å². The molecule has 4 aromatic rings. The van der Waals surface area contributed by atoms with Crippen LogP contribution in [-0.4, -0.2) is 0 Å². The molecule has 0 aromatic heterocycles. The van der Waals surface area contributed by atoms with E-state index in [-0.39, 0.29) is 0 Å². The summed E-state index contributed by atoms with van der Waals surface area (Å²) in [4.78, 5) is 0. The molecule has 0 atom stereocenters. The van der Waals surface area contributed by atoms with Crippen molar-refractivity contribution in [2.75, 3.05) is 0 Å². The van der Waals surface area contributed by atoms with Gasteiger partial charge in [-0.05, 0) is 75.2 Å². The second-order valence-corrected chi connectivity index (χ2v) is 6.75. The van der Waals surface area contributed by atoms with Gasteiger partial charge in [0, 0.05) is 0 Å². The van der Waals surface area contributed by atoms with Gasteiger partial charge < -0.3 is 0 Å². The predicted octanol–water partition coefficient (Wildman–Crippen LogP) is 6.18. The van der Waals surface area contributed by atoms with E-state index in [2.05, 4.69) is 74.5 Å². The van der Waals surface area contributed by atoms with Crippen molar-refractivity contribution >= 4 is 21.5 Å². The van der Waals surface area contributed by atoms with Crippen molar-refractivity contribution in [1.29, 1.82) is 0 Å². The van der Waals surface area contributed by atoms with Gasteiger partial charge in [0.15, 0.2) is 0 Å². The van der Waals surface area contributed by atoms with Crippen molar-refractivity contribution < 1.29 is 0 Å². The first-order valence-corrected chi connectivity index (χ1v) is 8.26. The zero-order chi connectivity index (χ0) is 15.6. The van der Waals surface area contributed by atoms with Crippen LogP contribution < -0.4 is 0 Å². The summed E-state index contributed by atoms with van der Waals surface area (Å²) in [6.45, 7) is 4.43. The summed E-state index contributed by atoms with van der Waals surface area (Å²) in [7, 11) is 0. The van der Waals surface area contributed by atoms with E-state index in [0.717, 1.165) is 6.42 Å². The van der Waals surface area contributed by atoms with E-state index < -0.39 is 0 Å². The molecule has 1 aliphatic rings. The van der Waals surface area contributed by atoms with Gasteiger partial charge in [-0.3, -0.25) is 0 Å². The van der Waals surface area contributed by atoms with Crippen LogP contribution in [0.15, 0.2) is 60.7 Å². The third-order valence-electron chi connectivity index (χ3n) is 5.38. The molecule has 0 fully saturated rings. The zero-order valence-corrected chi connectivity index (χ0v) is 13.5. The first kappa shape index (κ1) is 12.9. The number of rotatable bonds is 0. The van der Waals surface area contributed by atoms with Crippen LogP contribution in [0.25, 0.3) is 32.7 Å². The lowest BCUT2D eigenvalue weighted by molar-refractivity contribution is 1.23. The molecule has 0 spiro atoms. The Morgan fingerprint density at radius 2 is 1.43 bits per heavy atom. The Hall–Kier alpha value is -2.60. The fourth-order valence-electron chi connectivity index (χ4n) is 4.06. The average molecular weight is 294 g/mol. The second kappa shape index (κ2) is 4.45. The van der Waals surface area contributed by atoms with Gasteiger partial charge in [0.05, 0.1) is 0 Å². The standard InChI is InChI=1S/C23H18/c1-14-11-18-13-17-8-9-20-19-6-4-3-5-16(19)7-10-21(20)23(17)22(18)12-15(14)2/h3-12H,13H2,1-2H3. The SMILES string of the molecule is Cc1cc2c(cc1C)-c1c(ccc3c1ccc1ccccc13)C2. The fraction of sp³-hybridized carbons (Fsp3) is 0.130. The van der Waals surface area contributed by atoms with Gasteiger partial charge in [0.1, 0.15) is 0 Å². The topological polar surface area (TPSA) is 0 Å². The van der Waals surface area contributed by atoms with E-state index in [4.69, 9.17) is 0 Å². The number of benzene rings is 4. The summed E-state index contributed by atoms with van der Waals surface area (Å²) in [5.41, 5.74) is 8.60. The van der Waals surface area contributed by atoms with Gasteiger partial charge in [0.25, 0.3) is 0 Å². The van der Waals surface area contributed by atoms with Crippen LogP contribution in [0.2, 0.25) is 0 Å². The highest BCUT2D eigenvalue weighted by molar-refractivity contribution is 6.13. The molecule has 23 heavy (non-hydrogen) atoms. The maximum atomic E-state index is 2.38. The van der Waals surface area contributed by atoms with Gasteiger partial charge in [-0.1, -0.05) is 60.7 Å². The van der Waals surface area contributed by atoms with Gasteiger partial charge in [0.2, 0.25) is 0 Å². The lowest BCUT2D eigenvalue weighted by atomic mass is 9.93. The molecule has 110 valence electrons.